The van der Waals surface area contributed by atoms with E-state index in [1.807, 2.05) is 18.2 Å². The fourth-order valence-electron chi connectivity index (χ4n) is 4.02. The largest absolute Gasteiger partial charge is 0 e. The van der Waals surface area contributed by atoms with Crippen LogP contribution in [0.2, 0.25) is 0 Å². The van der Waals surface area contributed by atoms with Gasteiger partial charge in [-0.3, -0.25) is 0 Å². The Morgan fingerprint density at radius 3 is 1.49 bits per heavy atom. The number of carboxylic acid groups (broad SMARTS) is 3. The monoisotopic (exact) mass is 642 g/mol. The van der Waals surface area contributed by atoms with Gasteiger partial charge in [0.1, 0.15) is 0 Å². The minimum Gasteiger partial charge on any atom is 0 e. The van der Waals surface area contributed by atoms with Crippen LogP contribution in [0.15, 0.2) is 84.9 Å². The molecule has 1 unspecified atom stereocenters. The number of benzene rings is 3. The zero-order valence-electron chi connectivity index (χ0n) is 18.6. The predicted octanol–water partition coefficient (Wildman–Crippen LogP) is 5.09. The van der Waals surface area contributed by atoms with E-state index in [2.05, 4.69) is 6.08 Å². The molecule has 0 aromatic heterocycles. The van der Waals surface area contributed by atoms with E-state index in [4.69, 9.17) is 0 Å². The summed E-state index contributed by atoms with van der Waals surface area (Å²) in [6, 6.07) is 20.3. The average Bonchev–Trinajstić information content (AvgIpc) is 2.84. The third-order valence-electron chi connectivity index (χ3n) is 5.86. The second-order valence-corrected chi connectivity index (χ2v) is 10.7. The molecule has 0 aliphatic heterocycles. The van der Waals surface area contributed by atoms with Crippen LogP contribution in [0, 0.1) is 0 Å². The van der Waals surface area contributed by atoms with Crippen molar-refractivity contribution >= 4 is 29.1 Å². The molecule has 35 heavy (non-hydrogen) atoms. The fraction of sp³-hybridized carbons (Fsp3) is 0.0741. The molecule has 168 valence electrons. The summed E-state index contributed by atoms with van der Waals surface area (Å²) in [5.41, 5.74) is 5.34. The van der Waals surface area contributed by atoms with Crippen LogP contribution in [0.4, 0.5) is 0 Å². The predicted molar refractivity (Wildman–Crippen MR) is 122 cm³/mol. The van der Waals surface area contributed by atoms with Gasteiger partial charge >= 0.3 is 217 Å². The van der Waals surface area contributed by atoms with Crippen molar-refractivity contribution in [1.29, 1.82) is 0 Å². The Kier molecular flexibility index (Phi) is 8.61. The molecule has 0 radical (unpaired) electrons. The van der Waals surface area contributed by atoms with Crippen LogP contribution < -0.4 is 0 Å². The fourth-order valence-corrected chi connectivity index (χ4v) is 5.47. The van der Waals surface area contributed by atoms with E-state index < -0.39 is 17.9 Å². The number of allylic oxidation sites excluding steroid dienone is 4. The Hall–Kier alpha value is -2.42. The van der Waals surface area contributed by atoms with Gasteiger partial charge in [-0.1, -0.05) is 0 Å². The minimum atomic E-state index is -0.991. The summed E-state index contributed by atoms with van der Waals surface area (Å²) < 4.78 is -0.349. The van der Waals surface area contributed by atoms with Crippen LogP contribution in [0.5, 0.6) is 0 Å². The molecule has 4 rings (SSSR count). The van der Waals surface area contributed by atoms with Crippen LogP contribution in [-0.4, -0.2) is 33.2 Å². The van der Waals surface area contributed by atoms with Gasteiger partial charge in [0.15, 0.2) is 0 Å². The van der Waals surface area contributed by atoms with Crippen LogP contribution in [0.1, 0.15) is 54.2 Å². The number of rotatable bonds is 6. The molecule has 0 heterocycles. The summed E-state index contributed by atoms with van der Waals surface area (Å²) in [5, 5.41) is 27.7. The standard InChI is InChI=1S/C27H19O6.Cd.Y/c28-25(29)19-7-1-16(2-8-19)22-13-23(17-3-9-20(10-4-17)26(30)31)15-24(14-22)18-5-11-21(12-6-18)27(32)33;;/h1-14H,15H2,(H,28,29)(H,30,31)(H,32,33);;. The summed E-state index contributed by atoms with van der Waals surface area (Å²) in [6.45, 7) is 0. The first-order valence-electron chi connectivity index (χ1n) is 10.4. The second-order valence-electron chi connectivity index (χ2n) is 8.13. The van der Waals surface area contributed by atoms with Crippen LogP contribution in [0.25, 0.3) is 11.1 Å². The number of carboxylic acids is 3. The molecular formula is C27H19CdO6Y. The number of hydrogen-bond acceptors (Lipinski definition) is 3. The molecule has 0 fully saturated rings. The van der Waals surface area contributed by atoms with Crippen molar-refractivity contribution in [2.75, 3.05) is 0 Å². The maximum Gasteiger partial charge on any atom is 0 e. The van der Waals surface area contributed by atoms with Gasteiger partial charge in [0.2, 0.25) is 0 Å². The first kappa shape index (κ1) is 27.2. The van der Waals surface area contributed by atoms with Gasteiger partial charge in [0.05, 0.1) is 0 Å². The van der Waals surface area contributed by atoms with Crippen LogP contribution >= 0.6 is 0 Å². The third kappa shape index (κ3) is 6.05. The molecule has 0 saturated carbocycles. The van der Waals surface area contributed by atoms with Crippen molar-refractivity contribution in [3.05, 3.63) is 118 Å². The van der Waals surface area contributed by atoms with Gasteiger partial charge < -0.3 is 0 Å². The van der Waals surface area contributed by atoms with Crippen molar-refractivity contribution < 1.29 is 88.0 Å². The van der Waals surface area contributed by atoms with E-state index in [1.165, 1.54) is 0 Å². The van der Waals surface area contributed by atoms with E-state index in [1.54, 1.807) is 60.7 Å². The quantitative estimate of drug-likeness (QED) is 0.324. The molecular weight excluding hydrogens is 622 g/mol. The zero-order chi connectivity index (χ0) is 24.5. The van der Waals surface area contributed by atoms with Gasteiger partial charge in [0, 0.05) is 27.3 Å². The van der Waals surface area contributed by atoms with Gasteiger partial charge in [-0.2, -0.15) is 0 Å². The topological polar surface area (TPSA) is 112 Å². The molecule has 3 aromatic carbocycles. The van der Waals surface area contributed by atoms with Crippen molar-refractivity contribution in [2.24, 2.45) is 0 Å². The van der Waals surface area contributed by atoms with Crippen LogP contribution in [0.3, 0.4) is 0 Å². The summed E-state index contributed by atoms with van der Waals surface area (Å²) >= 11 is 0.814. The summed E-state index contributed by atoms with van der Waals surface area (Å²) in [7, 11) is 0. The van der Waals surface area contributed by atoms with Crippen molar-refractivity contribution in [2.45, 2.75) is 8.65 Å². The SMILES string of the molecule is O=C(O)c1ccc(C2=C[C]([Y])(c3ccc(C(=O)O)cc3)CC(c3ccc(C(=O)O)cc3)=C2)cc1.[Cd]. The van der Waals surface area contributed by atoms with Crippen molar-refractivity contribution in [3.8, 4) is 0 Å². The Balaban J connectivity index is 0.00000342. The van der Waals surface area contributed by atoms with Crippen molar-refractivity contribution in [3.63, 3.8) is 0 Å². The number of aromatic carboxylic acids is 3. The zero-order valence-corrected chi connectivity index (χ0v) is 25.5. The first-order chi connectivity index (χ1) is 16.2. The summed E-state index contributed by atoms with van der Waals surface area (Å²) in [5.74, 6) is -2.96. The molecule has 6 nitrogen and oxygen atoms in total. The summed E-state index contributed by atoms with van der Waals surface area (Å²) in [4.78, 5) is 33.8. The van der Waals surface area contributed by atoms with E-state index in [-0.39, 0.29) is 46.2 Å². The molecule has 1 atom stereocenters. The van der Waals surface area contributed by atoms with Gasteiger partial charge in [-0.25, -0.2) is 0 Å². The average molecular weight is 641 g/mol. The van der Waals surface area contributed by atoms with Gasteiger partial charge in [0.25, 0.3) is 0 Å². The van der Waals surface area contributed by atoms with Gasteiger partial charge in [-0.15, -0.1) is 0 Å². The Morgan fingerprint density at radius 1 is 0.657 bits per heavy atom. The molecule has 0 saturated heterocycles. The van der Waals surface area contributed by atoms with E-state index in [0.717, 1.165) is 58.8 Å². The minimum absolute atomic E-state index is 0. The van der Waals surface area contributed by atoms with E-state index >= 15 is 0 Å². The third-order valence-corrected chi connectivity index (χ3v) is 7.59. The molecule has 1 aliphatic rings. The maximum atomic E-state index is 11.3. The molecule has 1 aliphatic carbocycles. The Morgan fingerprint density at radius 2 is 1.06 bits per heavy atom. The Bertz CT molecular complexity index is 1340. The molecule has 8 heteroatoms. The normalized spacial score (nSPS) is 16.9. The van der Waals surface area contributed by atoms with E-state index in [9.17, 15) is 29.7 Å². The number of hydrogen-bond donors (Lipinski definition) is 3. The molecule has 3 aromatic rings. The summed E-state index contributed by atoms with van der Waals surface area (Å²) in [6.07, 6.45) is 4.88. The van der Waals surface area contributed by atoms with Crippen LogP contribution in [-0.2, 0) is 60.5 Å². The second kappa shape index (κ2) is 11.1. The first-order valence-corrected chi connectivity index (χ1v) is 11.8. The Labute approximate surface area is 242 Å². The van der Waals surface area contributed by atoms with Gasteiger partial charge in [-0.05, 0) is 0 Å². The molecule has 0 bridgehead atoms. The molecule has 3 N–H and O–H groups in total. The molecule has 0 spiro atoms. The smallest absolute Gasteiger partial charge is 0 e. The van der Waals surface area contributed by atoms with E-state index in [0.29, 0.717) is 6.42 Å². The van der Waals surface area contributed by atoms with Crippen molar-refractivity contribution in [1.82, 2.24) is 0 Å². The number of carbonyl (C=O) groups is 3. The maximum absolute atomic E-state index is 11.3. The molecule has 0 amide bonds.